The maximum absolute atomic E-state index is 12.2. The van der Waals surface area contributed by atoms with Gasteiger partial charge in [0.2, 0.25) is 0 Å². The summed E-state index contributed by atoms with van der Waals surface area (Å²) in [5.74, 6) is -0.432. The fourth-order valence-corrected chi connectivity index (χ4v) is 2.64. The molecular weight excluding hydrogens is 318 g/mol. The van der Waals surface area contributed by atoms with Crippen molar-refractivity contribution < 1.29 is 9.53 Å². The zero-order chi connectivity index (χ0) is 15.0. The number of ether oxygens (including phenoxy) is 1. The third-order valence-electron chi connectivity index (χ3n) is 3.34. The molecule has 1 rings (SSSR count). The van der Waals surface area contributed by atoms with Crippen molar-refractivity contribution in [2.24, 2.45) is 0 Å². The van der Waals surface area contributed by atoms with Crippen molar-refractivity contribution in [3.63, 3.8) is 0 Å². The monoisotopic (exact) mass is 341 g/mol. The third kappa shape index (κ3) is 5.16. The largest absolute Gasteiger partial charge is 0.466 e. The number of anilines is 1. The first-order valence-electron chi connectivity index (χ1n) is 7.31. The van der Waals surface area contributed by atoms with Gasteiger partial charge in [-0.05, 0) is 37.1 Å². The van der Waals surface area contributed by atoms with Gasteiger partial charge in [-0.15, -0.1) is 0 Å². The second-order valence-corrected chi connectivity index (χ2v) is 5.84. The van der Waals surface area contributed by atoms with Crippen LogP contribution < -0.4 is 5.73 Å². The van der Waals surface area contributed by atoms with Crippen LogP contribution in [0.3, 0.4) is 0 Å². The van der Waals surface area contributed by atoms with Crippen LogP contribution in [0.2, 0.25) is 0 Å². The molecule has 4 heteroatoms. The molecule has 0 aliphatic carbocycles. The number of hydrogen-bond acceptors (Lipinski definition) is 3. The maximum atomic E-state index is 12.2. The third-order valence-corrected chi connectivity index (χ3v) is 3.83. The summed E-state index contributed by atoms with van der Waals surface area (Å²) in [7, 11) is 0. The fraction of sp³-hybridized carbons (Fsp3) is 0.562. The predicted octanol–water partition coefficient (Wildman–Crippen LogP) is 4.65. The minimum absolute atomic E-state index is 0.172. The van der Waals surface area contributed by atoms with Gasteiger partial charge in [0.05, 0.1) is 12.5 Å². The van der Waals surface area contributed by atoms with Crippen LogP contribution >= 0.6 is 15.9 Å². The number of nitrogen functional groups attached to an aromatic ring is 1. The highest BCUT2D eigenvalue weighted by Gasteiger charge is 2.23. The summed E-state index contributed by atoms with van der Waals surface area (Å²) in [5.41, 5.74) is 7.55. The average Bonchev–Trinajstić information content (AvgIpc) is 2.42. The van der Waals surface area contributed by atoms with E-state index >= 15 is 0 Å². The first kappa shape index (κ1) is 17.0. The van der Waals surface area contributed by atoms with Gasteiger partial charge in [-0.2, -0.15) is 0 Å². The Labute approximate surface area is 130 Å². The Morgan fingerprint density at radius 2 is 2.05 bits per heavy atom. The molecule has 0 heterocycles. The van der Waals surface area contributed by atoms with Gasteiger partial charge in [0.25, 0.3) is 0 Å². The quantitative estimate of drug-likeness (QED) is 0.425. The number of hydrogen-bond donors (Lipinski definition) is 1. The number of unbranched alkanes of at least 4 members (excludes halogenated alkanes) is 3. The van der Waals surface area contributed by atoms with Gasteiger partial charge < -0.3 is 10.5 Å². The summed E-state index contributed by atoms with van der Waals surface area (Å²) in [4.78, 5) is 12.2. The fourth-order valence-electron chi connectivity index (χ4n) is 2.27. The first-order valence-corrected chi connectivity index (χ1v) is 8.11. The van der Waals surface area contributed by atoms with Gasteiger partial charge in [0.1, 0.15) is 0 Å². The second-order valence-electron chi connectivity index (χ2n) is 4.93. The van der Waals surface area contributed by atoms with Crippen molar-refractivity contribution in [1.29, 1.82) is 0 Å². The predicted molar refractivity (Wildman–Crippen MR) is 86.7 cm³/mol. The summed E-state index contributed by atoms with van der Waals surface area (Å²) in [5, 5.41) is 0. The lowest BCUT2D eigenvalue weighted by atomic mass is 9.92. The van der Waals surface area contributed by atoms with Crippen LogP contribution in [0.15, 0.2) is 22.7 Å². The van der Waals surface area contributed by atoms with Crippen LogP contribution in [0, 0.1) is 0 Å². The Kier molecular flexibility index (Phi) is 7.67. The molecular formula is C16H24BrNO2. The normalized spacial score (nSPS) is 12.2. The average molecular weight is 342 g/mol. The molecule has 0 fully saturated rings. The molecule has 0 bridgehead atoms. The molecule has 0 radical (unpaired) electrons. The summed E-state index contributed by atoms with van der Waals surface area (Å²) in [6.45, 7) is 4.41. The standard InChI is InChI=1S/C16H24BrNO2/c1-3-5-6-7-8-13(16(19)20-4-2)14-11-12(17)9-10-15(14)18/h9-11,13H,3-8,18H2,1-2H3. The molecule has 0 saturated heterocycles. The Morgan fingerprint density at radius 3 is 2.70 bits per heavy atom. The molecule has 3 nitrogen and oxygen atoms in total. The lowest BCUT2D eigenvalue weighted by molar-refractivity contribution is -0.145. The molecule has 1 aromatic carbocycles. The van der Waals surface area contributed by atoms with Crippen molar-refractivity contribution in [3.8, 4) is 0 Å². The molecule has 20 heavy (non-hydrogen) atoms. The molecule has 1 aromatic rings. The van der Waals surface area contributed by atoms with Crippen LogP contribution in [0.4, 0.5) is 5.69 Å². The number of nitrogens with two attached hydrogens (primary N) is 1. The van der Waals surface area contributed by atoms with Crippen molar-refractivity contribution in [1.82, 2.24) is 0 Å². The highest BCUT2D eigenvalue weighted by Crippen LogP contribution is 2.31. The zero-order valence-corrected chi connectivity index (χ0v) is 13.9. The summed E-state index contributed by atoms with van der Waals surface area (Å²) in [6, 6.07) is 5.65. The van der Waals surface area contributed by atoms with Gasteiger partial charge in [-0.1, -0.05) is 48.5 Å². The summed E-state index contributed by atoms with van der Waals surface area (Å²) in [6.07, 6.45) is 5.33. The highest BCUT2D eigenvalue weighted by molar-refractivity contribution is 9.10. The van der Waals surface area contributed by atoms with E-state index in [1.807, 2.05) is 25.1 Å². The summed E-state index contributed by atoms with van der Waals surface area (Å²) >= 11 is 3.44. The second kappa shape index (κ2) is 9.01. The molecule has 1 atom stereocenters. The Balaban J connectivity index is 2.85. The Hall–Kier alpha value is -1.03. The SMILES string of the molecule is CCCCCCC(C(=O)OCC)c1cc(Br)ccc1N. The molecule has 0 aliphatic rings. The lowest BCUT2D eigenvalue weighted by Gasteiger charge is -2.18. The van der Waals surface area contributed by atoms with E-state index in [2.05, 4.69) is 22.9 Å². The van der Waals surface area contributed by atoms with Gasteiger partial charge in [-0.25, -0.2) is 0 Å². The number of carbonyl (C=O) groups excluding carboxylic acids is 1. The molecule has 0 aliphatic heterocycles. The minimum Gasteiger partial charge on any atom is -0.466 e. The van der Waals surface area contributed by atoms with E-state index < -0.39 is 0 Å². The highest BCUT2D eigenvalue weighted by atomic mass is 79.9. The van der Waals surface area contributed by atoms with Crippen LogP contribution in [-0.4, -0.2) is 12.6 Å². The number of carbonyl (C=O) groups is 1. The van der Waals surface area contributed by atoms with Crippen molar-refractivity contribution in [2.75, 3.05) is 12.3 Å². The van der Waals surface area contributed by atoms with E-state index in [9.17, 15) is 4.79 Å². The maximum Gasteiger partial charge on any atom is 0.313 e. The van der Waals surface area contributed by atoms with E-state index in [0.29, 0.717) is 12.3 Å². The van der Waals surface area contributed by atoms with E-state index in [0.717, 1.165) is 29.3 Å². The molecule has 1 unspecified atom stereocenters. The van der Waals surface area contributed by atoms with Gasteiger partial charge in [0, 0.05) is 10.2 Å². The van der Waals surface area contributed by atoms with Crippen LogP contribution in [-0.2, 0) is 9.53 Å². The Morgan fingerprint density at radius 1 is 1.30 bits per heavy atom. The van der Waals surface area contributed by atoms with Gasteiger partial charge in [-0.3, -0.25) is 4.79 Å². The van der Waals surface area contributed by atoms with Crippen LogP contribution in [0.25, 0.3) is 0 Å². The molecule has 0 saturated carbocycles. The van der Waals surface area contributed by atoms with Crippen LogP contribution in [0.5, 0.6) is 0 Å². The molecule has 0 amide bonds. The van der Waals surface area contributed by atoms with E-state index in [4.69, 9.17) is 10.5 Å². The summed E-state index contributed by atoms with van der Waals surface area (Å²) < 4.78 is 6.14. The van der Waals surface area contributed by atoms with Crippen LogP contribution in [0.1, 0.15) is 57.4 Å². The van der Waals surface area contributed by atoms with E-state index in [1.165, 1.54) is 12.8 Å². The topological polar surface area (TPSA) is 52.3 Å². The smallest absolute Gasteiger partial charge is 0.313 e. The number of rotatable bonds is 8. The van der Waals surface area contributed by atoms with Crippen molar-refractivity contribution >= 4 is 27.6 Å². The number of benzene rings is 1. The molecule has 0 spiro atoms. The number of esters is 1. The van der Waals surface area contributed by atoms with E-state index in [1.54, 1.807) is 0 Å². The van der Waals surface area contributed by atoms with Gasteiger partial charge in [0.15, 0.2) is 0 Å². The zero-order valence-electron chi connectivity index (χ0n) is 12.3. The Bertz CT molecular complexity index is 434. The van der Waals surface area contributed by atoms with E-state index in [-0.39, 0.29) is 11.9 Å². The molecule has 2 N–H and O–H groups in total. The molecule has 0 aromatic heterocycles. The lowest BCUT2D eigenvalue weighted by Crippen LogP contribution is -2.17. The van der Waals surface area contributed by atoms with Crippen molar-refractivity contribution in [2.45, 2.75) is 51.9 Å². The van der Waals surface area contributed by atoms with Crippen molar-refractivity contribution in [3.05, 3.63) is 28.2 Å². The minimum atomic E-state index is -0.260. The molecule has 112 valence electrons. The van der Waals surface area contributed by atoms with Gasteiger partial charge >= 0.3 is 5.97 Å². The first-order chi connectivity index (χ1) is 9.60. The number of halogens is 1.